The third-order valence-corrected chi connectivity index (χ3v) is 4.66. The number of amides is 3. The Labute approximate surface area is 147 Å². The Balaban J connectivity index is 1.66. The summed E-state index contributed by atoms with van der Waals surface area (Å²) in [7, 11) is 0. The first-order chi connectivity index (χ1) is 12.0. The molecule has 0 saturated carbocycles. The fraction of sp³-hybridized carbons (Fsp3) is 0.500. The molecule has 2 aliphatic heterocycles. The van der Waals surface area contributed by atoms with Gasteiger partial charge in [0, 0.05) is 26.2 Å². The summed E-state index contributed by atoms with van der Waals surface area (Å²) >= 11 is 0. The molecule has 3 rings (SSSR count). The number of imide groups is 1. The molecule has 1 aromatic carbocycles. The van der Waals surface area contributed by atoms with Crippen LogP contribution in [0.1, 0.15) is 18.9 Å². The molecule has 0 spiro atoms. The molecule has 134 valence electrons. The van der Waals surface area contributed by atoms with Crippen LogP contribution in [-0.4, -0.2) is 66.5 Å². The van der Waals surface area contributed by atoms with E-state index in [2.05, 4.69) is 0 Å². The first-order valence-corrected chi connectivity index (χ1v) is 8.60. The van der Waals surface area contributed by atoms with Gasteiger partial charge >= 0.3 is 6.09 Å². The highest BCUT2D eigenvalue weighted by Gasteiger charge is 2.43. The summed E-state index contributed by atoms with van der Waals surface area (Å²) in [6, 6.07) is 6.95. The predicted octanol–water partition coefficient (Wildman–Crippen LogP) is 1.40. The normalized spacial score (nSPS) is 21.8. The largest absolute Gasteiger partial charge is 0.450 e. The highest BCUT2D eigenvalue weighted by Crippen LogP contribution is 2.27. The molecule has 1 atom stereocenters. The Morgan fingerprint density at radius 2 is 1.92 bits per heavy atom. The zero-order valence-corrected chi connectivity index (χ0v) is 14.6. The first kappa shape index (κ1) is 17.4. The molecule has 7 heteroatoms. The van der Waals surface area contributed by atoms with Crippen LogP contribution >= 0.6 is 0 Å². The van der Waals surface area contributed by atoms with Crippen molar-refractivity contribution in [2.45, 2.75) is 26.3 Å². The fourth-order valence-corrected chi connectivity index (χ4v) is 3.37. The number of anilines is 1. The number of carbonyl (C=O) groups excluding carboxylic acids is 3. The summed E-state index contributed by atoms with van der Waals surface area (Å²) < 4.78 is 5.01. The van der Waals surface area contributed by atoms with Gasteiger partial charge in [0.1, 0.15) is 0 Å². The van der Waals surface area contributed by atoms with Gasteiger partial charge in [0.25, 0.3) is 5.91 Å². The van der Waals surface area contributed by atoms with E-state index in [-0.39, 0.29) is 24.3 Å². The highest BCUT2D eigenvalue weighted by atomic mass is 16.6. The zero-order chi connectivity index (χ0) is 18.0. The number of aryl methyl sites for hydroxylation is 1. The molecule has 1 unspecified atom stereocenters. The van der Waals surface area contributed by atoms with E-state index in [9.17, 15) is 14.4 Å². The van der Waals surface area contributed by atoms with Crippen LogP contribution in [0.2, 0.25) is 0 Å². The number of hydrogen-bond acceptors (Lipinski definition) is 5. The van der Waals surface area contributed by atoms with Gasteiger partial charge in [0.2, 0.25) is 5.91 Å². The molecule has 2 saturated heterocycles. The number of rotatable bonds is 3. The van der Waals surface area contributed by atoms with Crippen LogP contribution in [0.4, 0.5) is 10.5 Å². The van der Waals surface area contributed by atoms with Gasteiger partial charge < -0.3 is 9.64 Å². The number of benzene rings is 1. The molecule has 0 aliphatic carbocycles. The summed E-state index contributed by atoms with van der Waals surface area (Å²) in [5.74, 6) is -0.353. The summed E-state index contributed by atoms with van der Waals surface area (Å²) in [4.78, 5) is 41.9. The predicted molar refractivity (Wildman–Crippen MR) is 92.2 cm³/mol. The van der Waals surface area contributed by atoms with Gasteiger partial charge in [0.15, 0.2) is 0 Å². The minimum Gasteiger partial charge on any atom is -0.450 e. The average Bonchev–Trinajstić information content (AvgIpc) is 2.90. The lowest BCUT2D eigenvalue weighted by Crippen LogP contribution is -2.54. The summed E-state index contributed by atoms with van der Waals surface area (Å²) in [6.45, 7) is 6.17. The first-order valence-electron chi connectivity index (χ1n) is 8.60. The summed E-state index contributed by atoms with van der Waals surface area (Å²) in [6.07, 6.45) is -0.135. The molecule has 25 heavy (non-hydrogen) atoms. The third kappa shape index (κ3) is 3.51. The number of nitrogens with zero attached hydrogens (tertiary/aromatic N) is 3. The van der Waals surface area contributed by atoms with Crippen molar-refractivity contribution < 1.29 is 19.1 Å². The van der Waals surface area contributed by atoms with Gasteiger partial charge in [-0.3, -0.25) is 14.5 Å². The lowest BCUT2D eigenvalue weighted by atomic mass is 10.1. The van der Waals surface area contributed by atoms with Gasteiger partial charge in [-0.05, 0) is 31.5 Å². The summed E-state index contributed by atoms with van der Waals surface area (Å²) in [5, 5.41) is 0. The molecule has 3 amide bonds. The second-order valence-electron chi connectivity index (χ2n) is 6.35. The Kier molecular flexibility index (Phi) is 5.03. The molecule has 0 bridgehead atoms. The Morgan fingerprint density at radius 3 is 2.56 bits per heavy atom. The maximum absolute atomic E-state index is 12.8. The smallest absolute Gasteiger partial charge is 0.409 e. The highest BCUT2D eigenvalue weighted by molar-refractivity contribution is 6.22. The molecule has 0 N–H and O–H groups in total. The third-order valence-electron chi connectivity index (χ3n) is 4.66. The lowest BCUT2D eigenvalue weighted by molar-refractivity contribution is -0.123. The van der Waals surface area contributed by atoms with Crippen LogP contribution in [0.5, 0.6) is 0 Å². The maximum Gasteiger partial charge on any atom is 0.409 e. The number of hydrogen-bond donors (Lipinski definition) is 0. The lowest BCUT2D eigenvalue weighted by Gasteiger charge is -2.36. The summed E-state index contributed by atoms with van der Waals surface area (Å²) in [5.41, 5.74) is 1.63. The fourth-order valence-electron chi connectivity index (χ4n) is 3.37. The molecular formula is C18H23N3O4. The van der Waals surface area contributed by atoms with Gasteiger partial charge in [-0.15, -0.1) is 0 Å². The van der Waals surface area contributed by atoms with Gasteiger partial charge in [-0.25, -0.2) is 9.69 Å². The second kappa shape index (κ2) is 7.23. The van der Waals surface area contributed by atoms with Crippen molar-refractivity contribution in [2.24, 2.45) is 0 Å². The van der Waals surface area contributed by atoms with Gasteiger partial charge in [-0.2, -0.15) is 0 Å². The van der Waals surface area contributed by atoms with Crippen molar-refractivity contribution in [2.75, 3.05) is 37.7 Å². The SMILES string of the molecule is CCOC(=O)N1CCN(C2CC(=O)N(c3cccc(C)c3)C2=O)CC1. The standard InChI is InChI=1S/C18H23N3O4/c1-3-25-18(24)20-9-7-19(8-10-20)15-12-16(22)21(17(15)23)14-6-4-5-13(2)11-14/h4-6,11,15H,3,7-10,12H2,1-2H3. The van der Waals surface area contributed by atoms with Crippen LogP contribution in [0, 0.1) is 6.92 Å². The van der Waals surface area contributed by atoms with E-state index >= 15 is 0 Å². The minimum absolute atomic E-state index is 0.173. The van der Waals surface area contributed by atoms with E-state index in [1.54, 1.807) is 17.9 Å². The van der Waals surface area contributed by atoms with Gasteiger partial charge in [0.05, 0.1) is 24.8 Å². The minimum atomic E-state index is -0.447. The van der Waals surface area contributed by atoms with Crippen molar-refractivity contribution >= 4 is 23.6 Å². The second-order valence-corrected chi connectivity index (χ2v) is 6.35. The van der Waals surface area contributed by atoms with Crippen LogP contribution in [0.15, 0.2) is 24.3 Å². The molecule has 1 aromatic rings. The van der Waals surface area contributed by atoms with Crippen molar-refractivity contribution in [3.8, 4) is 0 Å². The van der Waals surface area contributed by atoms with Crippen LogP contribution in [0.3, 0.4) is 0 Å². The van der Waals surface area contributed by atoms with E-state index in [1.807, 2.05) is 30.0 Å². The van der Waals surface area contributed by atoms with Gasteiger partial charge in [-0.1, -0.05) is 12.1 Å². The number of piperazine rings is 1. The molecule has 2 aliphatic rings. The Morgan fingerprint density at radius 1 is 1.20 bits per heavy atom. The Bertz CT molecular complexity index is 683. The van der Waals surface area contributed by atoms with Crippen molar-refractivity contribution in [3.05, 3.63) is 29.8 Å². The molecule has 2 fully saturated rings. The van der Waals surface area contributed by atoms with Crippen molar-refractivity contribution in [3.63, 3.8) is 0 Å². The molecule has 0 radical (unpaired) electrons. The monoisotopic (exact) mass is 345 g/mol. The van der Waals surface area contributed by atoms with Crippen LogP contribution in [0.25, 0.3) is 0 Å². The quantitative estimate of drug-likeness (QED) is 0.775. The average molecular weight is 345 g/mol. The van der Waals surface area contributed by atoms with E-state index in [4.69, 9.17) is 4.74 Å². The maximum atomic E-state index is 12.8. The van der Waals surface area contributed by atoms with E-state index in [0.717, 1.165) is 5.56 Å². The molecule has 7 nitrogen and oxygen atoms in total. The van der Waals surface area contributed by atoms with Crippen LogP contribution < -0.4 is 4.90 Å². The van der Waals surface area contributed by atoms with Crippen molar-refractivity contribution in [1.82, 2.24) is 9.80 Å². The molecule has 2 heterocycles. The van der Waals surface area contributed by atoms with Crippen molar-refractivity contribution in [1.29, 1.82) is 0 Å². The molecule has 0 aromatic heterocycles. The number of carbonyl (C=O) groups is 3. The molecular weight excluding hydrogens is 322 g/mol. The van der Waals surface area contributed by atoms with Crippen LogP contribution in [-0.2, 0) is 14.3 Å². The van der Waals surface area contributed by atoms with E-state index < -0.39 is 6.04 Å². The van der Waals surface area contributed by atoms with E-state index in [1.165, 1.54) is 4.90 Å². The topological polar surface area (TPSA) is 70.2 Å². The zero-order valence-electron chi connectivity index (χ0n) is 14.6. The van der Waals surface area contributed by atoms with E-state index in [0.29, 0.717) is 38.5 Å². The Hall–Kier alpha value is -2.41. The number of ether oxygens (including phenoxy) is 1.